The van der Waals surface area contributed by atoms with Crippen LogP contribution < -0.4 is 4.90 Å². The Kier molecular flexibility index (Phi) is 6.94. The van der Waals surface area contributed by atoms with Gasteiger partial charge in [-0.05, 0) is 51.0 Å². The predicted molar refractivity (Wildman–Crippen MR) is 111 cm³/mol. The Labute approximate surface area is 176 Å². The van der Waals surface area contributed by atoms with Gasteiger partial charge in [-0.25, -0.2) is 13.2 Å². The number of hydrogen-bond donors (Lipinski definition) is 0. The molecule has 1 aromatic carbocycles. The number of ether oxygens (including phenoxy) is 1. The lowest BCUT2D eigenvalue weighted by molar-refractivity contribution is -0.123. The number of anilines is 1. The van der Waals surface area contributed by atoms with Crippen LogP contribution in [0.3, 0.4) is 0 Å². The average Bonchev–Trinajstić information content (AvgIpc) is 3.27. The number of hydrogen-bond acceptors (Lipinski definition) is 6. The molecule has 0 atom stereocenters. The number of benzene rings is 1. The molecule has 0 unspecified atom stereocenters. The molecular formula is C21H26N2O6S. The quantitative estimate of drug-likeness (QED) is 0.622. The molecule has 1 fully saturated rings. The zero-order valence-electron chi connectivity index (χ0n) is 17.1. The van der Waals surface area contributed by atoms with Crippen LogP contribution in [0.25, 0.3) is 0 Å². The summed E-state index contributed by atoms with van der Waals surface area (Å²) in [6.45, 7) is 4.70. The summed E-state index contributed by atoms with van der Waals surface area (Å²) in [5.74, 6) is -1.10. The van der Waals surface area contributed by atoms with Gasteiger partial charge < -0.3 is 14.1 Å². The number of amides is 1. The molecule has 0 saturated carbocycles. The van der Waals surface area contributed by atoms with E-state index in [1.807, 2.05) is 37.3 Å². The predicted octanol–water partition coefficient (Wildman–Crippen LogP) is 2.91. The molecule has 0 bridgehead atoms. The molecule has 2 aromatic rings. The Morgan fingerprint density at radius 3 is 2.37 bits per heavy atom. The number of carbonyl (C=O) groups excluding carboxylic acids is 2. The number of piperidine rings is 1. The molecule has 1 saturated heterocycles. The zero-order chi connectivity index (χ0) is 21.7. The molecule has 8 nitrogen and oxygen atoms in total. The summed E-state index contributed by atoms with van der Waals surface area (Å²) in [5.41, 5.74) is 0.835. The molecular weight excluding hydrogens is 408 g/mol. The summed E-state index contributed by atoms with van der Waals surface area (Å²) in [6.07, 6.45) is 0.847. The van der Waals surface area contributed by atoms with E-state index in [1.54, 1.807) is 11.8 Å². The normalized spacial score (nSPS) is 15.7. The van der Waals surface area contributed by atoms with Gasteiger partial charge >= 0.3 is 5.97 Å². The van der Waals surface area contributed by atoms with Gasteiger partial charge in [0.05, 0.1) is 6.61 Å². The molecule has 9 heteroatoms. The summed E-state index contributed by atoms with van der Waals surface area (Å²) >= 11 is 0. The van der Waals surface area contributed by atoms with E-state index in [1.165, 1.54) is 16.4 Å². The van der Waals surface area contributed by atoms with Crippen LogP contribution >= 0.6 is 0 Å². The molecule has 0 aliphatic carbocycles. The monoisotopic (exact) mass is 434 g/mol. The number of nitrogens with zero attached hydrogens (tertiary/aromatic N) is 2. The van der Waals surface area contributed by atoms with Crippen LogP contribution in [0.1, 0.15) is 37.2 Å². The molecule has 30 heavy (non-hydrogen) atoms. The molecule has 1 aliphatic heterocycles. The first-order valence-corrected chi connectivity index (χ1v) is 11.5. The lowest BCUT2D eigenvalue weighted by atomic mass is 9.96. The molecule has 0 N–H and O–H groups in total. The second-order valence-electron chi connectivity index (χ2n) is 6.94. The van der Waals surface area contributed by atoms with Crippen LogP contribution in [0.4, 0.5) is 5.69 Å². The van der Waals surface area contributed by atoms with Crippen molar-refractivity contribution in [1.82, 2.24) is 4.31 Å². The summed E-state index contributed by atoms with van der Waals surface area (Å²) in [5, 5.41) is -0.296. The van der Waals surface area contributed by atoms with Crippen LogP contribution in [-0.2, 0) is 19.6 Å². The summed E-state index contributed by atoms with van der Waals surface area (Å²) in [6, 6.07) is 12.0. The van der Waals surface area contributed by atoms with Crippen molar-refractivity contribution in [2.24, 2.45) is 5.92 Å². The van der Waals surface area contributed by atoms with Crippen molar-refractivity contribution in [1.29, 1.82) is 0 Å². The highest BCUT2D eigenvalue weighted by Gasteiger charge is 2.35. The number of rotatable bonds is 7. The highest BCUT2D eigenvalue weighted by Crippen LogP contribution is 2.27. The third kappa shape index (κ3) is 4.57. The third-order valence-electron chi connectivity index (χ3n) is 5.11. The SMILES string of the molecule is CCOC(=O)c1ccc(S(=O)(=O)N2CCC(C(=O)N(CC)c3ccccc3)CC2)o1. The Hall–Kier alpha value is -2.65. The first kappa shape index (κ1) is 22.0. The Balaban J connectivity index is 1.66. The molecule has 162 valence electrons. The smallest absolute Gasteiger partial charge is 0.374 e. The highest BCUT2D eigenvalue weighted by molar-refractivity contribution is 7.89. The Bertz CT molecular complexity index is 978. The summed E-state index contributed by atoms with van der Waals surface area (Å²) in [7, 11) is -3.88. The van der Waals surface area contributed by atoms with Crippen LogP contribution in [0.2, 0.25) is 0 Å². The number of carbonyl (C=O) groups is 2. The van der Waals surface area contributed by atoms with E-state index in [4.69, 9.17) is 9.15 Å². The van der Waals surface area contributed by atoms with Crippen LogP contribution in [0.5, 0.6) is 0 Å². The molecule has 1 amide bonds. The number of sulfonamides is 1. The lowest BCUT2D eigenvalue weighted by Crippen LogP contribution is -2.44. The Morgan fingerprint density at radius 1 is 1.10 bits per heavy atom. The van der Waals surface area contributed by atoms with E-state index >= 15 is 0 Å². The van der Waals surface area contributed by atoms with Crippen LogP contribution in [0.15, 0.2) is 52.0 Å². The minimum atomic E-state index is -3.88. The van der Waals surface area contributed by atoms with E-state index in [2.05, 4.69) is 0 Å². The van der Waals surface area contributed by atoms with Crippen molar-refractivity contribution in [3.63, 3.8) is 0 Å². The van der Waals surface area contributed by atoms with Gasteiger partial charge in [-0.1, -0.05) is 18.2 Å². The maximum absolute atomic E-state index is 13.0. The first-order chi connectivity index (χ1) is 14.4. The van der Waals surface area contributed by atoms with Crippen LogP contribution in [-0.4, -0.2) is 50.8 Å². The molecule has 1 aromatic heterocycles. The second-order valence-corrected chi connectivity index (χ2v) is 8.80. The molecule has 0 spiro atoms. The van der Waals surface area contributed by atoms with E-state index in [-0.39, 0.29) is 42.4 Å². The van der Waals surface area contributed by atoms with E-state index in [9.17, 15) is 18.0 Å². The van der Waals surface area contributed by atoms with E-state index in [0.29, 0.717) is 19.4 Å². The van der Waals surface area contributed by atoms with Gasteiger partial charge in [-0.2, -0.15) is 4.31 Å². The first-order valence-electron chi connectivity index (χ1n) is 10.0. The lowest BCUT2D eigenvalue weighted by Gasteiger charge is -2.33. The zero-order valence-corrected chi connectivity index (χ0v) is 17.9. The van der Waals surface area contributed by atoms with Gasteiger partial charge in [0.15, 0.2) is 0 Å². The van der Waals surface area contributed by atoms with Gasteiger partial charge in [-0.15, -0.1) is 0 Å². The van der Waals surface area contributed by atoms with Gasteiger partial charge in [0.2, 0.25) is 16.8 Å². The molecule has 3 rings (SSSR count). The topological polar surface area (TPSA) is 97.1 Å². The van der Waals surface area contributed by atoms with Gasteiger partial charge in [-0.3, -0.25) is 4.79 Å². The minimum Gasteiger partial charge on any atom is -0.460 e. The van der Waals surface area contributed by atoms with Gasteiger partial charge in [0.25, 0.3) is 10.0 Å². The Morgan fingerprint density at radius 2 is 1.77 bits per heavy atom. The van der Waals surface area contributed by atoms with Crippen molar-refractivity contribution in [3.05, 3.63) is 48.2 Å². The molecule has 2 heterocycles. The van der Waals surface area contributed by atoms with E-state index < -0.39 is 16.0 Å². The molecule has 0 radical (unpaired) electrons. The van der Waals surface area contributed by atoms with Crippen LogP contribution in [0, 0.1) is 5.92 Å². The maximum atomic E-state index is 13.0. The fourth-order valence-corrected chi connectivity index (χ4v) is 4.92. The highest BCUT2D eigenvalue weighted by atomic mass is 32.2. The third-order valence-corrected chi connectivity index (χ3v) is 6.88. The molecule has 1 aliphatic rings. The van der Waals surface area contributed by atoms with Crippen molar-refractivity contribution in [2.45, 2.75) is 31.8 Å². The minimum absolute atomic E-state index is 0.00310. The summed E-state index contributed by atoms with van der Waals surface area (Å²) < 4.78 is 37.1. The fraction of sp³-hybridized carbons (Fsp3) is 0.429. The number of furan rings is 1. The van der Waals surface area contributed by atoms with Crippen molar-refractivity contribution < 1.29 is 27.2 Å². The second kappa shape index (κ2) is 9.44. The maximum Gasteiger partial charge on any atom is 0.374 e. The fourth-order valence-electron chi connectivity index (χ4n) is 3.54. The largest absolute Gasteiger partial charge is 0.460 e. The van der Waals surface area contributed by atoms with Crippen molar-refractivity contribution >= 4 is 27.6 Å². The standard InChI is InChI=1S/C21H26N2O6S/c1-3-23(17-8-6-5-7-9-17)20(24)16-12-14-22(15-13-16)30(26,27)19-11-10-18(29-19)21(25)28-4-2/h5-11,16H,3-4,12-15H2,1-2H3. The number of para-hydroxylation sites is 1. The number of esters is 1. The summed E-state index contributed by atoms with van der Waals surface area (Å²) in [4.78, 5) is 26.4. The van der Waals surface area contributed by atoms with Gasteiger partial charge in [0, 0.05) is 31.2 Å². The van der Waals surface area contributed by atoms with Crippen molar-refractivity contribution in [3.8, 4) is 0 Å². The van der Waals surface area contributed by atoms with Gasteiger partial charge in [0.1, 0.15) is 0 Å². The van der Waals surface area contributed by atoms with E-state index in [0.717, 1.165) is 5.69 Å². The average molecular weight is 435 g/mol. The van der Waals surface area contributed by atoms with Crippen molar-refractivity contribution in [2.75, 3.05) is 31.1 Å².